The molecule has 0 aromatic heterocycles. The molecule has 0 heterocycles. The molecule has 0 aliphatic heterocycles. The molecule has 0 aromatic carbocycles. The Hall–Kier alpha value is -2.16. The van der Waals surface area contributed by atoms with Crippen molar-refractivity contribution >= 4 is 23.9 Å². The molecule has 9 heteroatoms. The molecule has 0 aliphatic rings. The second-order valence-corrected chi connectivity index (χ2v) is 15.6. The van der Waals surface area contributed by atoms with Crippen LogP contribution >= 0.6 is 0 Å². The van der Waals surface area contributed by atoms with E-state index >= 15 is 0 Å². The minimum absolute atomic E-state index is 0.0365. The SMILES string of the molecule is CCCCCCCCCC(=O)OCC(COCC(COC(=O)CCCCCCCCC)OC(=O)CCCCCCCCC)OC(=O)CCCCCCCCC. The Labute approximate surface area is 337 Å². The molecular formula is C46H86O9. The number of hydrogen-bond donors (Lipinski definition) is 0. The van der Waals surface area contributed by atoms with Crippen molar-refractivity contribution in [2.24, 2.45) is 0 Å². The number of hydrogen-bond acceptors (Lipinski definition) is 9. The van der Waals surface area contributed by atoms with Crippen molar-refractivity contribution in [3.63, 3.8) is 0 Å². The molecule has 0 spiro atoms. The van der Waals surface area contributed by atoms with Gasteiger partial charge in [0.15, 0.2) is 12.2 Å². The van der Waals surface area contributed by atoms with Gasteiger partial charge >= 0.3 is 23.9 Å². The Morgan fingerprint density at radius 3 is 0.818 bits per heavy atom. The zero-order valence-corrected chi connectivity index (χ0v) is 36.3. The minimum atomic E-state index is -0.793. The normalized spacial score (nSPS) is 12.3. The lowest BCUT2D eigenvalue weighted by Crippen LogP contribution is -2.34. The highest BCUT2D eigenvalue weighted by atomic mass is 16.6. The first-order chi connectivity index (χ1) is 26.9. The molecule has 0 saturated heterocycles. The Morgan fingerprint density at radius 2 is 0.545 bits per heavy atom. The first kappa shape index (κ1) is 52.8. The summed E-state index contributed by atoms with van der Waals surface area (Å²) in [5.74, 6) is -1.32. The lowest BCUT2D eigenvalue weighted by molar-refractivity contribution is -0.169. The van der Waals surface area contributed by atoms with Crippen LogP contribution < -0.4 is 0 Å². The van der Waals surface area contributed by atoms with E-state index in [0.29, 0.717) is 25.7 Å². The van der Waals surface area contributed by atoms with Crippen LogP contribution in [-0.2, 0) is 42.9 Å². The van der Waals surface area contributed by atoms with E-state index in [4.69, 9.17) is 23.7 Å². The van der Waals surface area contributed by atoms with Gasteiger partial charge in [0.05, 0.1) is 13.2 Å². The first-order valence-electron chi connectivity index (χ1n) is 23.1. The lowest BCUT2D eigenvalue weighted by Gasteiger charge is -2.21. The number of unbranched alkanes of at least 4 members (excludes halogenated alkanes) is 24. The van der Waals surface area contributed by atoms with Gasteiger partial charge in [-0.2, -0.15) is 0 Å². The molecule has 0 rings (SSSR count). The van der Waals surface area contributed by atoms with Crippen LogP contribution in [-0.4, -0.2) is 62.5 Å². The van der Waals surface area contributed by atoms with Gasteiger partial charge in [0.25, 0.3) is 0 Å². The van der Waals surface area contributed by atoms with E-state index in [2.05, 4.69) is 27.7 Å². The molecule has 2 atom stereocenters. The predicted octanol–water partition coefficient (Wildman–Crippen LogP) is 12.5. The smallest absolute Gasteiger partial charge is 0.306 e. The fraction of sp³-hybridized carbons (Fsp3) is 0.913. The molecule has 0 aliphatic carbocycles. The highest BCUT2D eigenvalue weighted by Crippen LogP contribution is 2.14. The number of esters is 4. The Kier molecular flexibility index (Phi) is 39.8. The van der Waals surface area contributed by atoms with Crippen molar-refractivity contribution in [2.45, 2.75) is 245 Å². The second-order valence-electron chi connectivity index (χ2n) is 15.6. The van der Waals surface area contributed by atoms with Gasteiger partial charge in [-0.25, -0.2) is 0 Å². The van der Waals surface area contributed by atoms with E-state index in [1.807, 2.05) is 0 Å². The van der Waals surface area contributed by atoms with Crippen LogP contribution in [0.3, 0.4) is 0 Å². The van der Waals surface area contributed by atoms with E-state index in [1.165, 1.54) is 103 Å². The van der Waals surface area contributed by atoms with Crippen molar-refractivity contribution < 1.29 is 42.9 Å². The second kappa shape index (κ2) is 41.5. The summed E-state index contributed by atoms with van der Waals surface area (Å²) in [6.45, 7) is 8.51. The Morgan fingerprint density at radius 1 is 0.309 bits per heavy atom. The summed E-state index contributed by atoms with van der Waals surface area (Å²) in [6.07, 6.45) is 30.4. The van der Waals surface area contributed by atoms with Gasteiger partial charge in [0.2, 0.25) is 0 Å². The van der Waals surface area contributed by atoms with Gasteiger partial charge in [0, 0.05) is 25.7 Å². The summed E-state index contributed by atoms with van der Waals surface area (Å²) in [7, 11) is 0. The van der Waals surface area contributed by atoms with Crippen molar-refractivity contribution in [2.75, 3.05) is 26.4 Å². The van der Waals surface area contributed by atoms with Crippen molar-refractivity contribution in [3.05, 3.63) is 0 Å². The third-order valence-corrected chi connectivity index (χ3v) is 10.0. The van der Waals surface area contributed by atoms with E-state index in [0.717, 1.165) is 77.0 Å². The largest absolute Gasteiger partial charge is 0.462 e. The van der Waals surface area contributed by atoms with Crippen LogP contribution in [0.15, 0.2) is 0 Å². The molecule has 0 saturated carbocycles. The summed E-state index contributed by atoms with van der Waals surface area (Å²) in [6, 6.07) is 0. The van der Waals surface area contributed by atoms with Crippen molar-refractivity contribution in [1.82, 2.24) is 0 Å². The average molecular weight is 783 g/mol. The number of carbonyl (C=O) groups excluding carboxylic acids is 4. The van der Waals surface area contributed by atoms with Gasteiger partial charge in [0.1, 0.15) is 13.2 Å². The maximum atomic E-state index is 12.8. The quantitative estimate of drug-likeness (QED) is 0.0339. The zero-order chi connectivity index (χ0) is 40.5. The molecule has 0 amide bonds. The standard InChI is InChI=1S/C46H86O9/c1-5-9-13-17-21-25-29-33-43(47)52-39-41(54-45(49)35-31-27-23-19-15-11-7-3)37-51-38-42(55-46(50)36-32-28-24-20-16-12-8-4)40-53-44(48)34-30-26-22-18-14-10-6-2/h41-42H,5-40H2,1-4H3. The first-order valence-corrected chi connectivity index (χ1v) is 23.1. The number of ether oxygens (including phenoxy) is 5. The minimum Gasteiger partial charge on any atom is -0.462 e. The van der Waals surface area contributed by atoms with Crippen LogP contribution in [0.1, 0.15) is 233 Å². The van der Waals surface area contributed by atoms with Crippen LogP contribution in [0.4, 0.5) is 0 Å². The zero-order valence-electron chi connectivity index (χ0n) is 36.3. The molecule has 0 bridgehead atoms. The molecule has 0 aromatic rings. The molecule has 0 fully saturated rings. The Balaban J connectivity index is 5.12. The Bertz CT molecular complexity index is 823. The maximum absolute atomic E-state index is 12.8. The summed E-state index contributed by atoms with van der Waals surface area (Å²) < 4.78 is 28.5. The fourth-order valence-corrected chi connectivity index (χ4v) is 6.47. The van der Waals surface area contributed by atoms with Gasteiger partial charge in [-0.1, -0.05) is 182 Å². The molecule has 2 unspecified atom stereocenters. The van der Waals surface area contributed by atoms with Crippen molar-refractivity contribution in [1.29, 1.82) is 0 Å². The number of rotatable bonds is 42. The van der Waals surface area contributed by atoms with Gasteiger partial charge in [-0.3, -0.25) is 19.2 Å². The monoisotopic (exact) mass is 783 g/mol. The molecular weight excluding hydrogens is 696 g/mol. The van der Waals surface area contributed by atoms with Crippen LogP contribution in [0.2, 0.25) is 0 Å². The van der Waals surface area contributed by atoms with Crippen LogP contribution in [0, 0.1) is 0 Å². The van der Waals surface area contributed by atoms with Gasteiger partial charge < -0.3 is 23.7 Å². The number of carbonyl (C=O) groups is 4. The van der Waals surface area contributed by atoms with Crippen LogP contribution in [0.5, 0.6) is 0 Å². The third-order valence-electron chi connectivity index (χ3n) is 10.0. The average Bonchev–Trinajstić information content (AvgIpc) is 3.17. The summed E-state index contributed by atoms with van der Waals surface area (Å²) in [5.41, 5.74) is 0. The van der Waals surface area contributed by atoms with Gasteiger partial charge in [-0.15, -0.1) is 0 Å². The highest BCUT2D eigenvalue weighted by Gasteiger charge is 2.22. The van der Waals surface area contributed by atoms with Crippen molar-refractivity contribution in [3.8, 4) is 0 Å². The lowest BCUT2D eigenvalue weighted by atomic mass is 10.1. The predicted molar refractivity (Wildman–Crippen MR) is 223 cm³/mol. The van der Waals surface area contributed by atoms with E-state index in [9.17, 15) is 19.2 Å². The fourth-order valence-electron chi connectivity index (χ4n) is 6.47. The molecule has 0 radical (unpaired) electrons. The van der Waals surface area contributed by atoms with E-state index in [1.54, 1.807) is 0 Å². The molecule has 55 heavy (non-hydrogen) atoms. The van der Waals surface area contributed by atoms with Crippen LogP contribution in [0.25, 0.3) is 0 Å². The molecule has 324 valence electrons. The summed E-state index contributed by atoms with van der Waals surface area (Å²) in [4.78, 5) is 50.7. The topological polar surface area (TPSA) is 114 Å². The summed E-state index contributed by atoms with van der Waals surface area (Å²) in [5, 5.41) is 0. The maximum Gasteiger partial charge on any atom is 0.306 e. The van der Waals surface area contributed by atoms with E-state index in [-0.39, 0.29) is 50.3 Å². The highest BCUT2D eigenvalue weighted by molar-refractivity contribution is 5.71. The summed E-state index contributed by atoms with van der Waals surface area (Å²) >= 11 is 0. The van der Waals surface area contributed by atoms with E-state index < -0.39 is 12.2 Å². The molecule has 9 nitrogen and oxygen atoms in total. The molecule has 0 N–H and O–H groups in total. The third kappa shape index (κ3) is 38.5. The van der Waals surface area contributed by atoms with Gasteiger partial charge in [-0.05, 0) is 25.7 Å².